The average molecular weight is 365 g/mol. The smallest absolute Gasteiger partial charge is 0.253 e. The van der Waals surface area contributed by atoms with Crippen LogP contribution in [0.5, 0.6) is 0 Å². The number of tetrazole rings is 1. The summed E-state index contributed by atoms with van der Waals surface area (Å²) in [4.78, 5) is 16.1. The van der Waals surface area contributed by atoms with E-state index in [0.29, 0.717) is 24.5 Å². The van der Waals surface area contributed by atoms with E-state index in [1.165, 1.54) is 29.8 Å². The summed E-state index contributed by atoms with van der Waals surface area (Å²) in [6, 6.07) is 13.6. The van der Waals surface area contributed by atoms with Crippen LogP contribution in [0.3, 0.4) is 0 Å². The Labute approximate surface area is 156 Å². The Kier molecular flexibility index (Phi) is 4.66. The number of halogens is 1. The molecule has 7 heteroatoms. The van der Waals surface area contributed by atoms with Crippen molar-refractivity contribution < 1.29 is 9.18 Å². The van der Waals surface area contributed by atoms with E-state index in [0.717, 1.165) is 18.4 Å². The SMILES string of the molecule is Cc1ccc(-c2nnn([C@H]3CCCN(C(=O)c4ccc(F)cc4)C3)n2)cc1. The van der Waals surface area contributed by atoms with Crippen molar-refractivity contribution in [2.75, 3.05) is 13.1 Å². The van der Waals surface area contributed by atoms with Gasteiger partial charge in [0.15, 0.2) is 0 Å². The van der Waals surface area contributed by atoms with E-state index in [2.05, 4.69) is 15.4 Å². The van der Waals surface area contributed by atoms with Crippen LogP contribution in [-0.4, -0.2) is 44.1 Å². The van der Waals surface area contributed by atoms with Crippen molar-refractivity contribution in [3.63, 3.8) is 0 Å². The molecule has 2 aromatic carbocycles. The van der Waals surface area contributed by atoms with Crippen molar-refractivity contribution in [1.82, 2.24) is 25.1 Å². The van der Waals surface area contributed by atoms with Gasteiger partial charge in [0, 0.05) is 24.2 Å². The first kappa shape index (κ1) is 17.3. The third-order valence-corrected chi connectivity index (χ3v) is 4.84. The molecule has 6 nitrogen and oxygen atoms in total. The Morgan fingerprint density at radius 2 is 1.85 bits per heavy atom. The molecule has 138 valence electrons. The fourth-order valence-corrected chi connectivity index (χ4v) is 3.30. The number of carbonyl (C=O) groups is 1. The van der Waals surface area contributed by atoms with Crippen molar-refractivity contribution in [3.05, 3.63) is 65.5 Å². The number of nitrogens with zero attached hydrogens (tertiary/aromatic N) is 5. The normalized spacial score (nSPS) is 17.1. The fraction of sp³-hybridized carbons (Fsp3) is 0.300. The third-order valence-electron chi connectivity index (χ3n) is 4.84. The minimum Gasteiger partial charge on any atom is -0.336 e. The van der Waals surface area contributed by atoms with Gasteiger partial charge >= 0.3 is 0 Å². The molecule has 0 spiro atoms. The molecule has 1 aliphatic rings. The number of carbonyl (C=O) groups excluding carboxylic acids is 1. The lowest BCUT2D eigenvalue weighted by atomic mass is 10.0. The van der Waals surface area contributed by atoms with E-state index in [1.807, 2.05) is 31.2 Å². The van der Waals surface area contributed by atoms with Gasteiger partial charge in [-0.25, -0.2) is 4.39 Å². The van der Waals surface area contributed by atoms with Gasteiger partial charge in [-0.15, -0.1) is 10.2 Å². The van der Waals surface area contributed by atoms with Crippen LogP contribution in [0.4, 0.5) is 4.39 Å². The molecule has 0 N–H and O–H groups in total. The second-order valence-corrected chi connectivity index (χ2v) is 6.85. The molecular formula is C20H20FN5O. The first-order valence-corrected chi connectivity index (χ1v) is 9.01. The zero-order chi connectivity index (χ0) is 18.8. The predicted octanol–water partition coefficient (Wildman–Crippen LogP) is 3.26. The Hall–Kier alpha value is -3.09. The molecule has 4 rings (SSSR count). The van der Waals surface area contributed by atoms with Gasteiger partial charge in [0.2, 0.25) is 5.82 Å². The maximum atomic E-state index is 13.1. The highest BCUT2D eigenvalue weighted by atomic mass is 19.1. The van der Waals surface area contributed by atoms with E-state index in [9.17, 15) is 9.18 Å². The lowest BCUT2D eigenvalue weighted by Gasteiger charge is -2.31. The number of amides is 1. The highest BCUT2D eigenvalue weighted by molar-refractivity contribution is 5.94. The highest BCUT2D eigenvalue weighted by Gasteiger charge is 2.27. The molecule has 0 aliphatic carbocycles. The molecular weight excluding hydrogens is 345 g/mol. The number of aromatic nitrogens is 4. The van der Waals surface area contributed by atoms with Crippen LogP contribution in [0.2, 0.25) is 0 Å². The molecule has 2 heterocycles. The van der Waals surface area contributed by atoms with Gasteiger partial charge in [0.1, 0.15) is 5.82 Å². The van der Waals surface area contributed by atoms with E-state index in [4.69, 9.17) is 0 Å². The molecule has 0 radical (unpaired) electrons. The molecule has 1 aliphatic heterocycles. The summed E-state index contributed by atoms with van der Waals surface area (Å²) < 4.78 is 13.1. The third kappa shape index (κ3) is 3.72. The number of piperidine rings is 1. The first-order chi connectivity index (χ1) is 13.1. The fourth-order valence-electron chi connectivity index (χ4n) is 3.30. The molecule has 27 heavy (non-hydrogen) atoms. The number of benzene rings is 2. The zero-order valence-electron chi connectivity index (χ0n) is 15.0. The quantitative estimate of drug-likeness (QED) is 0.715. The summed E-state index contributed by atoms with van der Waals surface area (Å²) in [7, 11) is 0. The monoisotopic (exact) mass is 365 g/mol. The largest absolute Gasteiger partial charge is 0.336 e. The van der Waals surface area contributed by atoms with Crippen LogP contribution in [0.25, 0.3) is 11.4 Å². The summed E-state index contributed by atoms with van der Waals surface area (Å²) in [6.07, 6.45) is 1.75. The molecule has 3 aromatic rings. The highest BCUT2D eigenvalue weighted by Crippen LogP contribution is 2.23. The topological polar surface area (TPSA) is 63.9 Å². The Morgan fingerprint density at radius 1 is 1.11 bits per heavy atom. The minimum absolute atomic E-state index is 0.0187. The average Bonchev–Trinajstić information content (AvgIpc) is 3.19. The van der Waals surface area contributed by atoms with Crippen molar-refractivity contribution in [2.45, 2.75) is 25.8 Å². The maximum Gasteiger partial charge on any atom is 0.253 e. The summed E-state index contributed by atoms with van der Waals surface area (Å²) in [5, 5.41) is 12.9. The molecule has 1 aromatic heterocycles. The number of aryl methyl sites for hydroxylation is 1. The lowest BCUT2D eigenvalue weighted by molar-refractivity contribution is 0.0663. The first-order valence-electron chi connectivity index (χ1n) is 9.01. The van der Waals surface area contributed by atoms with Crippen LogP contribution >= 0.6 is 0 Å². The standard InChI is InChI=1S/C20H20FN5O/c1-14-4-6-15(7-5-14)19-22-24-26(23-19)18-3-2-12-25(13-18)20(27)16-8-10-17(21)11-9-16/h4-11,18H,2-3,12-13H2,1H3/t18-/m0/s1. The second kappa shape index (κ2) is 7.26. The van der Waals surface area contributed by atoms with Gasteiger partial charge in [-0.05, 0) is 49.2 Å². The molecule has 1 atom stereocenters. The van der Waals surface area contributed by atoms with Crippen molar-refractivity contribution >= 4 is 5.91 Å². The molecule has 1 amide bonds. The summed E-state index contributed by atoms with van der Waals surface area (Å²) in [6.45, 7) is 3.22. The van der Waals surface area contributed by atoms with Gasteiger partial charge in [-0.3, -0.25) is 4.79 Å². The predicted molar refractivity (Wildman–Crippen MR) is 98.6 cm³/mol. The number of rotatable bonds is 3. The van der Waals surface area contributed by atoms with Gasteiger partial charge in [-0.2, -0.15) is 4.80 Å². The number of hydrogen-bond donors (Lipinski definition) is 0. The molecule has 0 unspecified atom stereocenters. The second-order valence-electron chi connectivity index (χ2n) is 6.85. The molecule has 1 fully saturated rings. The summed E-state index contributed by atoms with van der Waals surface area (Å²) in [5.74, 6) is 0.133. The van der Waals surface area contributed by atoms with E-state index in [-0.39, 0.29) is 17.8 Å². The summed E-state index contributed by atoms with van der Waals surface area (Å²) in [5.41, 5.74) is 2.58. The van der Waals surface area contributed by atoms with Crippen molar-refractivity contribution in [2.24, 2.45) is 0 Å². The van der Waals surface area contributed by atoms with Gasteiger partial charge in [0.25, 0.3) is 5.91 Å². The van der Waals surface area contributed by atoms with Crippen molar-refractivity contribution in [3.8, 4) is 11.4 Å². The lowest BCUT2D eigenvalue weighted by Crippen LogP contribution is -2.41. The van der Waals surface area contributed by atoms with Crippen LogP contribution < -0.4 is 0 Å². The van der Waals surface area contributed by atoms with Crippen LogP contribution in [0.15, 0.2) is 48.5 Å². The van der Waals surface area contributed by atoms with Gasteiger partial charge < -0.3 is 4.90 Å². The van der Waals surface area contributed by atoms with Gasteiger partial charge in [-0.1, -0.05) is 29.8 Å². The van der Waals surface area contributed by atoms with E-state index < -0.39 is 0 Å². The Balaban J connectivity index is 1.49. The summed E-state index contributed by atoms with van der Waals surface area (Å²) >= 11 is 0. The number of hydrogen-bond acceptors (Lipinski definition) is 4. The van der Waals surface area contributed by atoms with Crippen LogP contribution in [0, 0.1) is 12.7 Å². The van der Waals surface area contributed by atoms with Crippen LogP contribution in [-0.2, 0) is 0 Å². The Morgan fingerprint density at radius 3 is 2.59 bits per heavy atom. The van der Waals surface area contributed by atoms with E-state index >= 15 is 0 Å². The molecule has 1 saturated heterocycles. The minimum atomic E-state index is -0.349. The van der Waals surface area contributed by atoms with E-state index in [1.54, 1.807) is 9.70 Å². The van der Waals surface area contributed by atoms with Crippen molar-refractivity contribution in [1.29, 1.82) is 0 Å². The van der Waals surface area contributed by atoms with Crippen LogP contribution in [0.1, 0.15) is 34.8 Å². The van der Waals surface area contributed by atoms with Gasteiger partial charge in [0.05, 0.1) is 6.04 Å². The molecule has 0 bridgehead atoms. The molecule has 0 saturated carbocycles. The Bertz CT molecular complexity index is 936. The number of likely N-dealkylation sites (tertiary alicyclic amines) is 1. The zero-order valence-corrected chi connectivity index (χ0v) is 15.0. The maximum absolute atomic E-state index is 13.1.